The molecule has 0 aliphatic carbocycles. The highest BCUT2D eigenvalue weighted by Crippen LogP contribution is 2.30. The summed E-state index contributed by atoms with van der Waals surface area (Å²) < 4.78 is 0. The molecule has 0 unspecified atom stereocenters. The molecule has 3 heterocycles. The van der Waals surface area contributed by atoms with E-state index >= 15 is 0 Å². The lowest BCUT2D eigenvalue weighted by Gasteiger charge is -2.02. The zero-order valence-corrected chi connectivity index (χ0v) is 10.6. The third kappa shape index (κ3) is 2.29. The molecule has 18 heavy (non-hydrogen) atoms. The van der Waals surface area contributed by atoms with E-state index in [1.165, 1.54) is 5.30 Å². The van der Waals surface area contributed by atoms with Crippen molar-refractivity contribution in [1.29, 1.82) is 0 Å². The van der Waals surface area contributed by atoms with Gasteiger partial charge in [-0.05, 0) is 36.1 Å². The van der Waals surface area contributed by atoms with Gasteiger partial charge in [0.25, 0.3) is 0 Å². The Kier molecular flexibility index (Phi) is 3.12. The van der Waals surface area contributed by atoms with E-state index in [0.29, 0.717) is 0 Å². The Morgan fingerprint density at radius 2 is 1.44 bits per heavy atom. The van der Waals surface area contributed by atoms with Gasteiger partial charge in [0.1, 0.15) is 0 Å². The van der Waals surface area contributed by atoms with Gasteiger partial charge in [0, 0.05) is 23.3 Å². The zero-order valence-electron chi connectivity index (χ0n) is 9.69. The van der Waals surface area contributed by atoms with E-state index in [1.807, 2.05) is 48.8 Å². The number of aromatic nitrogens is 2. The molecular formula is C15H11N2P. The second kappa shape index (κ2) is 5.07. The third-order valence-electron chi connectivity index (χ3n) is 2.65. The first kappa shape index (κ1) is 11.1. The van der Waals surface area contributed by atoms with Crippen molar-refractivity contribution in [3.63, 3.8) is 0 Å². The molecule has 0 N–H and O–H groups in total. The van der Waals surface area contributed by atoms with E-state index in [9.17, 15) is 0 Å². The maximum absolute atomic E-state index is 4.36. The van der Waals surface area contributed by atoms with Gasteiger partial charge in [-0.3, -0.25) is 9.97 Å². The molecule has 0 saturated heterocycles. The summed E-state index contributed by atoms with van der Waals surface area (Å²) >= 11 is 0. The summed E-state index contributed by atoms with van der Waals surface area (Å²) in [7, 11) is 1.16. The summed E-state index contributed by atoms with van der Waals surface area (Å²) in [6.45, 7) is 0. The standard InChI is InChI=1S/C15H11N2P/c1-3-9-16-13(5-1)12-7-8-15(18-11-12)14-6-2-4-10-17-14/h1-11H. The molecule has 2 nitrogen and oxygen atoms in total. The van der Waals surface area contributed by atoms with E-state index in [-0.39, 0.29) is 0 Å². The van der Waals surface area contributed by atoms with Crippen LogP contribution in [0.15, 0.2) is 66.7 Å². The van der Waals surface area contributed by atoms with Gasteiger partial charge in [-0.25, -0.2) is 0 Å². The summed E-state index contributed by atoms with van der Waals surface area (Å²) in [6.07, 6.45) is 3.64. The summed E-state index contributed by atoms with van der Waals surface area (Å²) in [5.74, 6) is 2.17. The second-order valence-electron chi connectivity index (χ2n) is 3.86. The molecule has 0 aliphatic heterocycles. The number of hydrogen-bond donors (Lipinski definition) is 0. The highest BCUT2D eigenvalue weighted by molar-refractivity contribution is 7.33. The minimum Gasteiger partial charge on any atom is -0.256 e. The van der Waals surface area contributed by atoms with Crippen LogP contribution in [0.2, 0.25) is 0 Å². The topological polar surface area (TPSA) is 25.8 Å². The van der Waals surface area contributed by atoms with Crippen LogP contribution in [0.25, 0.3) is 22.2 Å². The van der Waals surface area contributed by atoms with Crippen LogP contribution in [0.4, 0.5) is 0 Å². The predicted molar refractivity (Wildman–Crippen MR) is 75.4 cm³/mol. The molecule has 0 aliphatic rings. The fourth-order valence-corrected chi connectivity index (χ4v) is 2.67. The minimum absolute atomic E-state index is 1.02. The zero-order chi connectivity index (χ0) is 12.2. The van der Waals surface area contributed by atoms with Crippen molar-refractivity contribution in [1.82, 2.24) is 9.97 Å². The molecule has 0 bridgehead atoms. The van der Waals surface area contributed by atoms with Crippen LogP contribution in [0.5, 0.6) is 0 Å². The lowest BCUT2D eigenvalue weighted by atomic mass is 10.2. The molecule has 86 valence electrons. The fraction of sp³-hybridized carbons (Fsp3) is 0. The van der Waals surface area contributed by atoms with Crippen molar-refractivity contribution >= 4 is 8.19 Å². The van der Waals surface area contributed by atoms with Crippen LogP contribution in [-0.4, -0.2) is 9.97 Å². The maximum atomic E-state index is 4.36. The highest BCUT2D eigenvalue weighted by Gasteiger charge is 2.01. The molecule has 3 aromatic rings. The third-order valence-corrected chi connectivity index (χ3v) is 3.72. The van der Waals surface area contributed by atoms with E-state index in [4.69, 9.17) is 0 Å². The van der Waals surface area contributed by atoms with Gasteiger partial charge in [-0.2, -0.15) is 0 Å². The van der Waals surface area contributed by atoms with Gasteiger partial charge in [-0.15, -0.1) is 0 Å². The Labute approximate surface area is 107 Å². The Bertz CT molecular complexity index is 563. The molecular weight excluding hydrogens is 239 g/mol. The SMILES string of the molecule is c1ccc(-c2ccc(-c3ccccn3)pc2)nc1. The van der Waals surface area contributed by atoms with Crippen LogP contribution < -0.4 is 0 Å². The van der Waals surface area contributed by atoms with Gasteiger partial charge >= 0.3 is 0 Å². The van der Waals surface area contributed by atoms with Gasteiger partial charge in [-0.1, -0.05) is 26.4 Å². The molecule has 0 atom stereocenters. The Balaban J connectivity index is 1.95. The molecule has 0 radical (unpaired) electrons. The maximum Gasteiger partial charge on any atom is 0.0747 e. The molecule has 0 amide bonds. The first-order valence-corrected chi connectivity index (χ1v) is 6.69. The largest absolute Gasteiger partial charge is 0.256 e. The van der Waals surface area contributed by atoms with Crippen molar-refractivity contribution < 1.29 is 0 Å². The van der Waals surface area contributed by atoms with Crippen LogP contribution in [0.3, 0.4) is 0 Å². The Hall–Kier alpha value is -2.05. The van der Waals surface area contributed by atoms with E-state index in [1.54, 1.807) is 0 Å². The van der Waals surface area contributed by atoms with E-state index in [2.05, 4.69) is 27.9 Å². The summed E-state index contributed by atoms with van der Waals surface area (Å²) in [6, 6.07) is 16.2. The quantitative estimate of drug-likeness (QED) is 0.674. The lowest BCUT2D eigenvalue weighted by Crippen LogP contribution is -1.81. The van der Waals surface area contributed by atoms with Gasteiger partial charge < -0.3 is 0 Å². The van der Waals surface area contributed by atoms with Gasteiger partial charge in [0.2, 0.25) is 0 Å². The van der Waals surface area contributed by atoms with E-state index in [0.717, 1.165) is 25.1 Å². The molecule has 0 saturated carbocycles. The van der Waals surface area contributed by atoms with Crippen LogP contribution in [-0.2, 0) is 0 Å². The molecule has 3 aromatic heterocycles. The van der Waals surface area contributed by atoms with Crippen LogP contribution in [0.1, 0.15) is 0 Å². The van der Waals surface area contributed by atoms with Gasteiger partial charge in [0.15, 0.2) is 0 Å². The first-order valence-electron chi connectivity index (χ1n) is 5.72. The number of nitrogens with zero attached hydrogens (tertiary/aromatic N) is 2. The van der Waals surface area contributed by atoms with Crippen LogP contribution in [0, 0.1) is 0 Å². The molecule has 0 aromatic carbocycles. The van der Waals surface area contributed by atoms with Crippen LogP contribution >= 0.6 is 8.19 Å². The van der Waals surface area contributed by atoms with Crippen molar-refractivity contribution in [3.05, 3.63) is 66.7 Å². The molecule has 0 fully saturated rings. The number of hydrogen-bond acceptors (Lipinski definition) is 2. The average Bonchev–Trinajstić information content (AvgIpc) is 2.49. The fourth-order valence-electron chi connectivity index (χ4n) is 1.74. The van der Waals surface area contributed by atoms with E-state index < -0.39 is 0 Å². The minimum atomic E-state index is 1.02. The summed E-state index contributed by atoms with van der Waals surface area (Å²) in [5, 5.41) is 1.22. The summed E-state index contributed by atoms with van der Waals surface area (Å²) in [4.78, 5) is 8.71. The molecule has 3 rings (SSSR count). The summed E-state index contributed by atoms with van der Waals surface area (Å²) in [5.41, 5.74) is 3.21. The van der Waals surface area contributed by atoms with Crippen molar-refractivity contribution in [2.24, 2.45) is 0 Å². The lowest BCUT2D eigenvalue weighted by molar-refractivity contribution is 1.33. The number of pyridine rings is 2. The van der Waals surface area contributed by atoms with Crippen molar-refractivity contribution in [2.75, 3.05) is 0 Å². The Morgan fingerprint density at radius 1 is 0.722 bits per heavy atom. The number of rotatable bonds is 2. The van der Waals surface area contributed by atoms with Gasteiger partial charge in [0.05, 0.1) is 11.4 Å². The molecule has 0 spiro atoms. The first-order chi connectivity index (χ1) is 8.93. The Morgan fingerprint density at radius 3 is 2.00 bits per heavy atom. The predicted octanol–water partition coefficient (Wildman–Crippen LogP) is 4.39. The van der Waals surface area contributed by atoms with Crippen molar-refractivity contribution in [3.8, 4) is 22.2 Å². The van der Waals surface area contributed by atoms with Crippen molar-refractivity contribution in [2.45, 2.75) is 0 Å². The smallest absolute Gasteiger partial charge is 0.0747 e. The normalized spacial score (nSPS) is 10.7. The highest BCUT2D eigenvalue weighted by atomic mass is 31.0. The monoisotopic (exact) mass is 250 g/mol. The second-order valence-corrected chi connectivity index (χ2v) is 4.86. The molecule has 3 heteroatoms. The average molecular weight is 250 g/mol.